The van der Waals surface area contributed by atoms with E-state index < -0.39 is 17.8 Å². The average Bonchev–Trinajstić information content (AvgIpc) is 2.53. The molecule has 0 amide bonds. The van der Waals surface area contributed by atoms with E-state index in [1.54, 1.807) is 12.4 Å². The third-order valence-electron chi connectivity index (χ3n) is 4.12. The first kappa shape index (κ1) is 18.5. The SMILES string of the molecule is CC(C)CC(C)(N)COC1=C(CF)NC(C)(c2ccncc2)C=C1. The van der Waals surface area contributed by atoms with E-state index in [9.17, 15) is 4.39 Å². The molecule has 0 aliphatic carbocycles. The Hall–Kier alpha value is -1.88. The number of nitrogens with two attached hydrogens (primary N) is 1. The van der Waals surface area contributed by atoms with Crippen molar-refractivity contribution in [3.05, 3.63) is 53.7 Å². The summed E-state index contributed by atoms with van der Waals surface area (Å²) in [6.45, 7) is 7.94. The van der Waals surface area contributed by atoms with Crippen molar-refractivity contribution >= 4 is 0 Å². The number of pyridine rings is 1. The molecule has 2 heterocycles. The van der Waals surface area contributed by atoms with E-state index in [0.717, 1.165) is 12.0 Å². The van der Waals surface area contributed by atoms with Gasteiger partial charge in [-0.15, -0.1) is 0 Å². The number of nitrogens with one attached hydrogen (secondary N) is 1. The summed E-state index contributed by atoms with van der Waals surface area (Å²) in [6, 6.07) is 3.83. The average molecular weight is 333 g/mol. The van der Waals surface area contributed by atoms with Crippen molar-refractivity contribution in [2.45, 2.75) is 45.2 Å². The van der Waals surface area contributed by atoms with Crippen LogP contribution in [0.1, 0.15) is 39.7 Å². The first-order valence-corrected chi connectivity index (χ1v) is 8.34. The van der Waals surface area contributed by atoms with Gasteiger partial charge in [-0.05, 0) is 50.0 Å². The van der Waals surface area contributed by atoms with Crippen LogP contribution in [0.4, 0.5) is 4.39 Å². The topological polar surface area (TPSA) is 60.2 Å². The Labute approximate surface area is 144 Å². The Morgan fingerprint density at radius 3 is 2.62 bits per heavy atom. The smallest absolute Gasteiger partial charge is 0.140 e. The van der Waals surface area contributed by atoms with Crippen LogP contribution in [0.5, 0.6) is 0 Å². The fourth-order valence-electron chi connectivity index (χ4n) is 3.09. The summed E-state index contributed by atoms with van der Waals surface area (Å²) in [5.74, 6) is 0.998. The van der Waals surface area contributed by atoms with Gasteiger partial charge in [-0.25, -0.2) is 4.39 Å². The molecule has 1 aromatic heterocycles. The molecule has 0 bridgehead atoms. The van der Waals surface area contributed by atoms with Crippen molar-refractivity contribution in [1.82, 2.24) is 10.3 Å². The zero-order chi connectivity index (χ0) is 17.8. The molecule has 0 radical (unpaired) electrons. The highest BCUT2D eigenvalue weighted by molar-refractivity contribution is 5.37. The number of aromatic nitrogens is 1. The van der Waals surface area contributed by atoms with Gasteiger partial charge in [-0.1, -0.05) is 19.9 Å². The van der Waals surface area contributed by atoms with Crippen LogP contribution in [-0.2, 0) is 10.3 Å². The van der Waals surface area contributed by atoms with Crippen LogP contribution >= 0.6 is 0 Å². The zero-order valence-corrected chi connectivity index (χ0v) is 15.0. The monoisotopic (exact) mass is 333 g/mol. The standard InChI is InChI=1S/C19H28FN3O/c1-14(2)11-18(3,21)13-24-17-5-8-19(4,23-16(17)12-20)15-6-9-22-10-7-15/h5-10,14,23H,11-13,21H2,1-4H3. The zero-order valence-electron chi connectivity index (χ0n) is 15.0. The second-order valence-electron chi connectivity index (χ2n) is 7.41. The Morgan fingerprint density at radius 2 is 2.04 bits per heavy atom. The molecule has 132 valence electrons. The highest BCUT2D eigenvalue weighted by Gasteiger charge is 2.30. The van der Waals surface area contributed by atoms with Crippen molar-refractivity contribution in [3.8, 4) is 0 Å². The summed E-state index contributed by atoms with van der Waals surface area (Å²) in [4.78, 5) is 4.03. The predicted octanol–water partition coefficient (Wildman–Crippen LogP) is 3.42. The maximum atomic E-state index is 13.5. The number of hydrogen-bond acceptors (Lipinski definition) is 4. The highest BCUT2D eigenvalue weighted by Crippen LogP contribution is 2.29. The van der Waals surface area contributed by atoms with Gasteiger partial charge in [-0.3, -0.25) is 4.98 Å². The van der Waals surface area contributed by atoms with Crippen LogP contribution in [-0.4, -0.2) is 23.8 Å². The van der Waals surface area contributed by atoms with Crippen LogP contribution in [0, 0.1) is 5.92 Å². The van der Waals surface area contributed by atoms with Gasteiger partial charge in [0.1, 0.15) is 19.0 Å². The highest BCUT2D eigenvalue weighted by atomic mass is 19.1. The normalized spacial score (nSPS) is 23.1. The van der Waals surface area contributed by atoms with E-state index in [2.05, 4.69) is 24.1 Å². The maximum Gasteiger partial charge on any atom is 0.140 e. The van der Waals surface area contributed by atoms with E-state index >= 15 is 0 Å². The predicted molar refractivity (Wildman–Crippen MR) is 94.9 cm³/mol. The first-order chi connectivity index (χ1) is 11.3. The van der Waals surface area contributed by atoms with Gasteiger partial charge >= 0.3 is 0 Å². The molecule has 24 heavy (non-hydrogen) atoms. The minimum atomic E-state index is -0.619. The molecule has 0 saturated carbocycles. The molecule has 0 fully saturated rings. The van der Waals surface area contributed by atoms with Crippen molar-refractivity contribution in [1.29, 1.82) is 0 Å². The Balaban J connectivity index is 2.11. The molecule has 1 aromatic rings. The minimum absolute atomic E-state index is 0.349. The van der Waals surface area contributed by atoms with E-state index in [1.807, 2.05) is 38.1 Å². The number of halogens is 1. The molecular weight excluding hydrogens is 305 g/mol. The number of nitrogens with zero attached hydrogens (tertiary/aromatic N) is 1. The molecule has 2 atom stereocenters. The number of allylic oxidation sites excluding steroid dienone is 2. The van der Waals surface area contributed by atoms with Crippen molar-refractivity contribution in [3.63, 3.8) is 0 Å². The van der Waals surface area contributed by atoms with Gasteiger partial charge in [0.05, 0.1) is 11.2 Å². The molecular formula is C19H28FN3O. The summed E-state index contributed by atoms with van der Waals surface area (Å²) in [7, 11) is 0. The summed E-state index contributed by atoms with van der Waals surface area (Å²) >= 11 is 0. The lowest BCUT2D eigenvalue weighted by Crippen LogP contribution is -2.44. The lowest BCUT2D eigenvalue weighted by molar-refractivity contribution is 0.140. The number of ether oxygens (including phenoxy) is 1. The van der Waals surface area contributed by atoms with Crippen LogP contribution < -0.4 is 11.1 Å². The van der Waals surface area contributed by atoms with Gasteiger partial charge in [0, 0.05) is 17.9 Å². The van der Waals surface area contributed by atoms with Crippen LogP contribution in [0.3, 0.4) is 0 Å². The van der Waals surface area contributed by atoms with Gasteiger partial charge in [0.25, 0.3) is 0 Å². The summed E-state index contributed by atoms with van der Waals surface area (Å²) in [5.41, 5.74) is 6.80. The molecule has 1 aliphatic heterocycles. The molecule has 0 aromatic carbocycles. The van der Waals surface area contributed by atoms with Crippen molar-refractivity contribution < 1.29 is 9.13 Å². The fourth-order valence-corrected chi connectivity index (χ4v) is 3.09. The maximum absolute atomic E-state index is 13.5. The molecule has 4 nitrogen and oxygen atoms in total. The van der Waals surface area contributed by atoms with Crippen LogP contribution in [0.15, 0.2) is 48.1 Å². The van der Waals surface area contributed by atoms with Crippen LogP contribution in [0.25, 0.3) is 0 Å². The minimum Gasteiger partial charge on any atom is -0.490 e. The van der Waals surface area contributed by atoms with E-state index in [-0.39, 0.29) is 0 Å². The second kappa shape index (κ2) is 7.34. The fraction of sp³-hybridized carbons (Fsp3) is 0.526. The third-order valence-corrected chi connectivity index (χ3v) is 4.12. The van der Waals surface area contributed by atoms with Gasteiger partial charge in [0.15, 0.2) is 0 Å². The van der Waals surface area contributed by atoms with Crippen LogP contribution in [0.2, 0.25) is 0 Å². The quantitative estimate of drug-likeness (QED) is 0.803. The van der Waals surface area contributed by atoms with E-state index in [4.69, 9.17) is 10.5 Å². The summed E-state index contributed by atoms with van der Waals surface area (Å²) in [5, 5.41) is 3.25. The number of hydrogen-bond donors (Lipinski definition) is 2. The summed E-state index contributed by atoms with van der Waals surface area (Å²) < 4.78 is 19.4. The molecule has 3 N–H and O–H groups in total. The Morgan fingerprint density at radius 1 is 1.38 bits per heavy atom. The van der Waals surface area contributed by atoms with E-state index in [1.165, 1.54) is 0 Å². The van der Waals surface area contributed by atoms with E-state index in [0.29, 0.717) is 24.0 Å². The Bertz CT molecular complexity index is 610. The molecule has 5 heteroatoms. The van der Waals surface area contributed by atoms with Crippen molar-refractivity contribution in [2.75, 3.05) is 13.3 Å². The van der Waals surface area contributed by atoms with Gasteiger partial charge < -0.3 is 15.8 Å². The molecule has 2 unspecified atom stereocenters. The molecule has 0 spiro atoms. The molecule has 2 rings (SSSR count). The molecule has 0 saturated heterocycles. The molecule has 1 aliphatic rings. The van der Waals surface area contributed by atoms with Crippen molar-refractivity contribution in [2.24, 2.45) is 11.7 Å². The second-order valence-corrected chi connectivity index (χ2v) is 7.41. The number of rotatable bonds is 7. The summed E-state index contributed by atoms with van der Waals surface area (Å²) in [6.07, 6.45) is 8.11. The van der Waals surface area contributed by atoms with Gasteiger partial charge in [-0.2, -0.15) is 0 Å². The Kier molecular flexibility index (Phi) is 5.65. The largest absolute Gasteiger partial charge is 0.490 e. The number of alkyl halides is 1. The van der Waals surface area contributed by atoms with Gasteiger partial charge in [0.2, 0.25) is 0 Å². The lowest BCUT2D eigenvalue weighted by Gasteiger charge is -2.35. The third kappa shape index (κ3) is 4.57. The lowest BCUT2D eigenvalue weighted by atomic mass is 9.89. The number of dihydropyridines is 1. The first-order valence-electron chi connectivity index (χ1n) is 8.34.